The van der Waals surface area contributed by atoms with E-state index in [1.807, 2.05) is 25.2 Å². The summed E-state index contributed by atoms with van der Waals surface area (Å²) in [6, 6.07) is 4.50. The fourth-order valence-electron chi connectivity index (χ4n) is 2.96. The maximum Gasteiger partial charge on any atom is 0.204 e. The molecule has 3 aromatic rings. The zero-order valence-corrected chi connectivity index (χ0v) is 15.4. The zero-order chi connectivity index (χ0) is 18.7. The minimum Gasteiger partial charge on any atom is -0.367 e. The number of carbonyl (C=O) groups excluding carboxylic acids is 1. The Morgan fingerprint density at radius 1 is 1.23 bits per heavy atom. The summed E-state index contributed by atoms with van der Waals surface area (Å²) in [4.78, 5) is 16.2. The van der Waals surface area contributed by atoms with E-state index in [2.05, 4.69) is 20.5 Å². The minimum absolute atomic E-state index is 0.115. The summed E-state index contributed by atoms with van der Waals surface area (Å²) in [5, 5.41) is 11.6. The quantitative estimate of drug-likeness (QED) is 0.619. The lowest BCUT2D eigenvalue weighted by atomic mass is 10.0. The van der Waals surface area contributed by atoms with Gasteiger partial charge in [0.2, 0.25) is 5.65 Å². The molecule has 0 aliphatic heterocycles. The second kappa shape index (κ2) is 7.76. The number of hydrogen-bond acceptors (Lipinski definition) is 5. The van der Waals surface area contributed by atoms with Crippen LogP contribution in [0.1, 0.15) is 45.4 Å². The summed E-state index contributed by atoms with van der Waals surface area (Å²) in [7, 11) is 0. The van der Waals surface area contributed by atoms with E-state index in [9.17, 15) is 9.18 Å². The number of Topliss-reactive ketones (excluding diaryl/α,β-unsaturated/α-hetero) is 1. The fourth-order valence-corrected chi connectivity index (χ4v) is 2.96. The number of nitrogens with zero attached hydrogens (tertiary/aromatic N) is 4. The Bertz CT molecular complexity index is 934. The van der Waals surface area contributed by atoms with Crippen LogP contribution in [0.2, 0.25) is 0 Å². The second-order valence-corrected chi connectivity index (χ2v) is 6.86. The van der Waals surface area contributed by atoms with E-state index in [0.29, 0.717) is 40.5 Å². The molecule has 0 bridgehead atoms. The number of aryl methyl sites for hydroxylation is 1. The highest BCUT2D eigenvalue weighted by molar-refractivity contribution is 5.83. The van der Waals surface area contributed by atoms with Gasteiger partial charge in [-0.2, -0.15) is 0 Å². The standard InChI is InChI=1S/C19H24FN5O/c1-12(2)17(26)7-5-4-6-10-21-18-19-24-23-13(3)25(19)16-11-14(20)8-9-15(16)22-18/h8-9,11-12H,4-7,10H2,1-3H3,(H,21,22). The number of halogens is 1. The van der Waals surface area contributed by atoms with Crippen molar-refractivity contribution >= 4 is 28.3 Å². The van der Waals surface area contributed by atoms with Crippen LogP contribution < -0.4 is 5.32 Å². The van der Waals surface area contributed by atoms with E-state index in [0.717, 1.165) is 25.8 Å². The Morgan fingerprint density at radius 2 is 2.04 bits per heavy atom. The first-order valence-corrected chi connectivity index (χ1v) is 9.05. The van der Waals surface area contributed by atoms with E-state index in [4.69, 9.17) is 0 Å². The van der Waals surface area contributed by atoms with Crippen LogP contribution in [0.4, 0.5) is 10.2 Å². The van der Waals surface area contributed by atoms with Crippen molar-refractivity contribution < 1.29 is 9.18 Å². The summed E-state index contributed by atoms with van der Waals surface area (Å²) in [6.07, 6.45) is 3.47. The summed E-state index contributed by atoms with van der Waals surface area (Å²) < 4.78 is 15.4. The Morgan fingerprint density at radius 3 is 2.81 bits per heavy atom. The van der Waals surface area contributed by atoms with Gasteiger partial charge in [0.15, 0.2) is 5.82 Å². The molecule has 138 valence electrons. The molecule has 6 nitrogen and oxygen atoms in total. The fraction of sp³-hybridized carbons (Fsp3) is 0.474. The molecule has 0 aliphatic carbocycles. The second-order valence-electron chi connectivity index (χ2n) is 6.86. The van der Waals surface area contributed by atoms with Crippen LogP contribution in [0.3, 0.4) is 0 Å². The molecule has 1 N–H and O–H groups in total. The van der Waals surface area contributed by atoms with Gasteiger partial charge in [-0.3, -0.25) is 9.20 Å². The van der Waals surface area contributed by atoms with Crippen molar-refractivity contribution in [2.75, 3.05) is 11.9 Å². The Hall–Kier alpha value is -2.57. The SMILES string of the molecule is Cc1nnc2c(NCCCCCC(=O)C(C)C)nc3ccc(F)cc3n12. The first-order valence-electron chi connectivity index (χ1n) is 9.05. The van der Waals surface area contributed by atoms with Gasteiger partial charge >= 0.3 is 0 Å². The first-order chi connectivity index (χ1) is 12.5. The molecule has 0 aliphatic rings. The van der Waals surface area contributed by atoms with Crippen molar-refractivity contribution in [1.82, 2.24) is 19.6 Å². The Kier molecular flexibility index (Phi) is 5.44. The predicted octanol–water partition coefficient (Wildman–Crippen LogP) is 3.92. The molecule has 0 spiro atoms. The number of ketones is 1. The van der Waals surface area contributed by atoms with Crippen LogP contribution in [-0.4, -0.2) is 31.9 Å². The largest absolute Gasteiger partial charge is 0.367 e. The normalized spacial score (nSPS) is 11.6. The molecule has 26 heavy (non-hydrogen) atoms. The predicted molar refractivity (Wildman–Crippen MR) is 99.8 cm³/mol. The molecule has 7 heteroatoms. The van der Waals surface area contributed by atoms with Crippen LogP contribution in [0.5, 0.6) is 0 Å². The van der Waals surface area contributed by atoms with Crippen molar-refractivity contribution in [2.45, 2.75) is 46.5 Å². The van der Waals surface area contributed by atoms with E-state index in [1.165, 1.54) is 12.1 Å². The van der Waals surface area contributed by atoms with E-state index in [-0.39, 0.29) is 11.7 Å². The van der Waals surface area contributed by atoms with Gasteiger partial charge in [0.25, 0.3) is 0 Å². The molecule has 2 heterocycles. The van der Waals surface area contributed by atoms with Gasteiger partial charge in [0, 0.05) is 24.9 Å². The van der Waals surface area contributed by atoms with Crippen molar-refractivity contribution in [3.63, 3.8) is 0 Å². The molecule has 0 fully saturated rings. The zero-order valence-electron chi connectivity index (χ0n) is 15.4. The number of carbonyl (C=O) groups is 1. The Labute approximate surface area is 151 Å². The van der Waals surface area contributed by atoms with Gasteiger partial charge in [-0.15, -0.1) is 10.2 Å². The molecular weight excluding hydrogens is 333 g/mol. The summed E-state index contributed by atoms with van der Waals surface area (Å²) in [6.45, 7) is 6.44. The monoisotopic (exact) mass is 357 g/mol. The topological polar surface area (TPSA) is 72.2 Å². The third-order valence-corrected chi connectivity index (χ3v) is 4.48. The molecule has 0 saturated carbocycles. The number of hydrogen-bond donors (Lipinski definition) is 1. The number of nitrogens with one attached hydrogen (secondary N) is 1. The van der Waals surface area contributed by atoms with E-state index >= 15 is 0 Å². The van der Waals surface area contributed by atoms with Crippen molar-refractivity contribution in [2.24, 2.45) is 5.92 Å². The lowest BCUT2D eigenvalue weighted by Gasteiger charge is -2.10. The van der Waals surface area contributed by atoms with Gasteiger partial charge in [0.05, 0.1) is 11.0 Å². The van der Waals surface area contributed by atoms with Crippen LogP contribution >= 0.6 is 0 Å². The van der Waals surface area contributed by atoms with Crippen molar-refractivity contribution in [1.29, 1.82) is 0 Å². The first kappa shape index (κ1) is 18.2. The average molecular weight is 357 g/mol. The molecular formula is C19H24FN5O. The number of aromatic nitrogens is 4. The molecule has 2 aromatic heterocycles. The highest BCUT2D eigenvalue weighted by atomic mass is 19.1. The third kappa shape index (κ3) is 3.81. The van der Waals surface area contributed by atoms with Crippen LogP contribution in [-0.2, 0) is 4.79 Å². The average Bonchev–Trinajstić information content (AvgIpc) is 3.00. The number of anilines is 1. The third-order valence-electron chi connectivity index (χ3n) is 4.48. The summed E-state index contributed by atoms with van der Waals surface area (Å²) >= 11 is 0. The number of benzene rings is 1. The lowest BCUT2D eigenvalue weighted by Crippen LogP contribution is -2.08. The minimum atomic E-state index is -0.314. The smallest absolute Gasteiger partial charge is 0.204 e. The van der Waals surface area contributed by atoms with Crippen LogP contribution in [0, 0.1) is 18.7 Å². The molecule has 0 amide bonds. The molecule has 3 rings (SSSR count). The summed E-state index contributed by atoms with van der Waals surface area (Å²) in [5.74, 6) is 1.45. The van der Waals surface area contributed by atoms with Gasteiger partial charge in [0.1, 0.15) is 17.4 Å². The maximum atomic E-state index is 13.6. The van der Waals surface area contributed by atoms with Gasteiger partial charge in [-0.1, -0.05) is 20.3 Å². The lowest BCUT2D eigenvalue weighted by molar-refractivity contribution is -0.122. The highest BCUT2D eigenvalue weighted by Crippen LogP contribution is 2.22. The number of rotatable bonds is 8. The van der Waals surface area contributed by atoms with Gasteiger partial charge in [-0.05, 0) is 31.9 Å². The highest BCUT2D eigenvalue weighted by Gasteiger charge is 2.13. The van der Waals surface area contributed by atoms with E-state index < -0.39 is 0 Å². The molecule has 0 atom stereocenters. The van der Waals surface area contributed by atoms with Crippen LogP contribution in [0.25, 0.3) is 16.7 Å². The maximum absolute atomic E-state index is 13.6. The summed E-state index contributed by atoms with van der Waals surface area (Å²) in [5.41, 5.74) is 1.93. The van der Waals surface area contributed by atoms with Gasteiger partial charge in [-0.25, -0.2) is 9.37 Å². The van der Waals surface area contributed by atoms with Gasteiger partial charge < -0.3 is 5.32 Å². The van der Waals surface area contributed by atoms with Crippen molar-refractivity contribution in [3.8, 4) is 0 Å². The van der Waals surface area contributed by atoms with E-state index in [1.54, 1.807) is 6.07 Å². The molecule has 1 aromatic carbocycles. The van der Waals surface area contributed by atoms with Crippen LogP contribution in [0.15, 0.2) is 18.2 Å². The Balaban J connectivity index is 1.68. The van der Waals surface area contributed by atoms with Crippen molar-refractivity contribution in [3.05, 3.63) is 29.8 Å². The number of unbranched alkanes of at least 4 members (excludes halogenated alkanes) is 2. The molecule has 0 unspecified atom stereocenters. The molecule has 0 saturated heterocycles. The molecule has 0 radical (unpaired) electrons. The number of fused-ring (bicyclic) bond motifs is 3.